The van der Waals surface area contributed by atoms with Crippen molar-refractivity contribution in [3.05, 3.63) is 23.3 Å². The van der Waals surface area contributed by atoms with E-state index in [4.69, 9.17) is 19.9 Å². The van der Waals surface area contributed by atoms with Gasteiger partial charge in [0.15, 0.2) is 0 Å². The molecule has 0 aromatic heterocycles. The molecule has 208 valence electrons. The number of nitrogens with one attached hydrogen (secondary N) is 2. The van der Waals surface area contributed by atoms with Crippen LogP contribution in [0.25, 0.3) is 0 Å². The second-order valence-corrected chi connectivity index (χ2v) is 9.26. The van der Waals surface area contributed by atoms with Gasteiger partial charge in [-0.3, -0.25) is 24.6 Å². The maximum Gasteiger partial charge on any atom is 0.341 e. The topological polar surface area (TPSA) is 187 Å². The number of urea groups is 1. The van der Waals surface area contributed by atoms with E-state index in [9.17, 15) is 29.1 Å². The molecule has 38 heavy (non-hydrogen) atoms. The molecule has 4 amide bonds. The number of esters is 1. The summed E-state index contributed by atoms with van der Waals surface area (Å²) in [7, 11) is 3.94. The molecule has 2 aliphatic heterocycles. The predicted octanol–water partition coefficient (Wildman–Crippen LogP) is 0.808. The highest BCUT2D eigenvalue weighted by Crippen LogP contribution is 2.52. The molecular formula is C25H34N4O9. The molecule has 13 heteroatoms. The van der Waals surface area contributed by atoms with E-state index in [1.807, 2.05) is 6.92 Å². The van der Waals surface area contributed by atoms with Gasteiger partial charge in [-0.15, -0.1) is 0 Å². The number of carbonyl (C=O) groups excluding carboxylic acids is 4. The number of fused-ring (bicyclic) bond motifs is 1. The minimum absolute atomic E-state index is 0.0177. The van der Waals surface area contributed by atoms with Gasteiger partial charge in [0.05, 0.1) is 33.2 Å². The Morgan fingerprint density at radius 2 is 1.84 bits per heavy atom. The molecule has 0 saturated carbocycles. The summed E-state index contributed by atoms with van der Waals surface area (Å²) >= 11 is 0. The molecule has 0 aliphatic carbocycles. The molecular weight excluding hydrogens is 500 g/mol. The highest BCUT2D eigenvalue weighted by molar-refractivity contribution is 6.09. The maximum atomic E-state index is 13.7. The van der Waals surface area contributed by atoms with E-state index < -0.39 is 53.2 Å². The number of primary amides is 1. The fourth-order valence-electron chi connectivity index (χ4n) is 5.43. The summed E-state index contributed by atoms with van der Waals surface area (Å²) in [5.74, 6) is -5.21. The van der Waals surface area contributed by atoms with Crippen molar-refractivity contribution in [3.8, 4) is 11.5 Å². The van der Waals surface area contributed by atoms with Gasteiger partial charge in [-0.25, -0.2) is 9.59 Å². The van der Waals surface area contributed by atoms with Crippen LogP contribution in [0, 0.1) is 11.8 Å². The van der Waals surface area contributed by atoms with Crippen LogP contribution < -0.4 is 25.8 Å². The Bertz CT molecular complexity index is 1120. The number of carbonyl (C=O) groups is 5. The van der Waals surface area contributed by atoms with Gasteiger partial charge in [-0.05, 0) is 30.9 Å². The third kappa shape index (κ3) is 4.97. The Labute approximate surface area is 219 Å². The van der Waals surface area contributed by atoms with Crippen LogP contribution in [0.2, 0.25) is 0 Å². The molecule has 13 nitrogen and oxygen atoms in total. The molecule has 0 bridgehead atoms. The first kappa shape index (κ1) is 28.7. The normalized spacial score (nSPS) is 24.2. The average Bonchev–Trinajstić information content (AvgIpc) is 3.37. The SMILES string of the molecule is CCCCN1C(=O)C2C(c3cc(OC)cc(OC)c3C(=O)OC)NC(CCCNC(N)=O)(C(=O)O)C2C1=O. The van der Waals surface area contributed by atoms with E-state index in [1.54, 1.807) is 0 Å². The van der Waals surface area contributed by atoms with Crippen LogP contribution in [-0.4, -0.2) is 79.7 Å². The number of hydrogen-bond acceptors (Lipinski definition) is 9. The first-order valence-electron chi connectivity index (χ1n) is 12.3. The number of hydrogen-bond donors (Lipinski definition) is 4. The minimum Gasteiger partial charge on any atom is -0.497 e. The summed E-state index contributed by atoms with van der Waals surface area (Å²) < 4.78 is 15.7. The van der Waals surface area contributed by atoms with Crippen LogP contribution >= 0.6 is 0 Å². The number of aliphatic carboxylic acids is 1. The number of nitrogens with two attached hydrogens (primary N) is 1. The third-order valence-electron chi connectivity index (χ3n) is 7.20. The number of carboxylic acids is 1. The van der Waals surface area contributed by atoms with Gasteiger partial charge < -0.3 is 30.4 Å². The Morgan fingerprint density at radius 3 is 2.39 bits per heavy atom. The van der Waals surface area contributed by atoms with Crippen LogP contribution in [-0.2, 0) is 19.1 Å². The second-order valence-electron chi connectivity index (χ2n) is 9.26. The molecule has 3 rings (SSSR count). The van der Waals surface area contributed by atoms with Gasteiger partial charge in [0, 0.05) is 25.2 Å². The molecule has 2 aliphatic rings. The van der Waals surface area contributed by atoms with Crippen molar-refractivity contribution >= 4 is 29.8 Å². The number of imide groups is 1. The number of rotatable bonds is 12. The quantitative estimate of drug-likeness (QED) is 0.170. The van der Waals surface area contributed by atoms with E-state index >= 15 is 0 Å². The lowest BCUT2D eigenvalue weighted by molar-refractivity contribution is -0.151. The molecule has 5 N–H and O–H groups in total. The fourth-order valence-corrected chi connectivity index (χ4v) is 5.43. The lowest BCUT2D eigenvalue weighted by Crippen LogP contribution is -2.56. The fraction of sp³-hybridized carbons (Fsp3) is 0.560. The van der Waals surface area contributed by atoms with Crippen molar-refractivity contribution < 1.29 is 43.3 Å². The number of likely N-dealkylation sites (tertiary alicyclic amines) is 1. The number of methoxy groups -OCH3 is 3. The number of carboxylic acid groups (broad SMARTS) is 1. The van der Waals surface area contributed by atoms with Crippen LogP contribution in [0.3, 0.4) is 0 Å². The van der Waals surface area contributed by atoms with Gasteiger partial charge in [0.25, 0.3) is 0 Å². The minimum atomic E-state index is -1.87. The molecule has 4 unspecified atom stereocenters. The van der Waals surface area contributed by atoms with E-state index in [0.717, 1.165) is 11.3 Å². The molecule has 0 spiro atoms. The molecule has 2 heterocycles. The van der Waals surface area contributed by atoms with Gasteiger partial charge in [-0.2, -0.15) is 0 Å². The third-order valence-corrected chi connectivity index (χ3v) is 7.20. The van der Waals surface area contributed by atoms with E-state index in [1.165, 1.54) is 33.5 Å². The smallest absolute Gasteiger partial charge is 0.341 e. The number of amides is 4. The van der Waals surface area contributed by atoms with Crippen LogP contribution in [0.15, 0.2) is 12.1 Å². The van der Waals surface area contributed by atoms with Gasteiger partial charge >= 0.3 is 18.0 Å². The Kier molecular flexibility index (Phi) is 8.82. The monoisotopic (exact) mass is 534 g/mol. The lowest BCUT2D eigenvalue weighted by Gasteiger charge is -2.31. The lowest BCUT2D eigenvalue weighted by atomic mass is 9.76. The van der Waals surface area contributed by atoms with Gasteiger partial charge in [0.1, 0.15) is 22.6 Å². The summed E-state index contributed by atoms with van der Waals surface area (Å²) in [6.45, 7) is 2.13. The summed E-state index contributed by atoms with van der Waals surface area (Å²) in [6.07, 6.45) is 1.32. The highest BCUT2D eigenvalue weighted by atomic mass is 16.5. The molecule has 0 radical (unpaired) electrons. The highest BCUT2D eigenvalue weighted by Gasteiger charge is 2.68. The zero-order chi connectivity index (χ0) is 28.2. The Hall–Kier alpha value is -3.87. The van der Waals surface area contributed by atoms with Crippen molar-refractivity contribution in [2.24, 2.45) is 17.6 Å². The van der Waals surface area contributed by atoms with Crippen molar-refractivity contribution in [2.75, 3.05) is 34.4 Å². The van der Waals surface area contributed by atoms with E-state index in [-0.39, 0.29) is 42.8 Å². The Morgan fingerprint density at radius 1 is 1.13 bits per heavy atom. The van der Waals surface area contributed by atoms with Crippen molar-refractivity contribution in [1.82, 2.24) is 15.5 Å². The molecule has 1 aromatic carbocycles. The van der Waals surface area contributed by atoms with Crippen molar-refractivity contribution in [2.45, 2.75) is 44.2 Å². The summed E-state index contributed by atoms with van der Waals surface area (Å²) in [6, 6.07) is 1.13. The summed E-state index contributed by atoms with van der Waals surface area (Å²) in [5.41, 5.74) is 3.45. The molecule has 2 saturated heterocycles. The molecule has 2 fully saturated rings. The van der Waals surface area contributed by atoms with Gasteiger partial charge in [-0.1, -0.05) is 13.3 Å². The number of ether oxygens (including phenoxy) is 3. The number of unbranched alkanes of at least 4 members (excludes halogenated alkanes) is 1. The van der Waals surface area contributed by atoms with Gasteiger partial charge in [0.2, 0.25) is 11.8 Å². The first-order chi connectivity index (χ1) is 18.1. The molecule has 1 aromatic rings. The summed E-state index contributed by atoms with van der Waals surface area (Å²) in [4.78, 5) is 65.3. The van der Waals surface area contributed by atoms with Crippen LogP contribution in [0.1, 0.15) is 54.6 Å². The summed E-state index contributed by atoms with van der Waals surface area (Å²) in [5, 5.41) is 15.9. The molecule has 4 atom stereocenters. The van der Waals surface area contributed by atoms with E-state index in [0.29, 0.717) is 12.2 Å². The maximum absolute atomic E-state index is 13.7. The number of benzene rings is 1. The average molecular weight is 535 g/mol. The zero-order valence-corrected chi connectivity index (χ0v) is 21.9. The largest absolute Gasteiger partial charge is 0.497 e. The van der Waals surface area contributed by atoms with Crippen LogP contribution in [0.4, 0.5) is 4.79 Å². The zero-order valence-electron chi connectivity index (χ0n) is 21.9. The predicted molar refractivity (Wildman–Crippen MR) is 133 cm³/mol. The second kappa shape index (κ2) is 11.7. The van der Waals surface area contributed by atoms with E-state index in [2.05, 4.69) is 10.6 Å². The Balaban J connectivity index is 2.20. The van der Waals surface area contributed by atoms with Crippen LogP contribution in [0.5, 0.6) is 11.5 Å². The standard InChI is InChI=1S/C25H34N4O9/c1-5-6-10-29-20(30)17-18(21(29)31)25(23(33)34,8-7-9-27-24(26)35)28-19(17)14-11-13(36-2)12-15(37-3)16(14)22(32)38-4/h11-12,17-19,28H,5-10H2,1-4H3,(H,33,34)(H3,26,27,35). The first-order valence-corrected chi connectivity index (χ1v) is 12.3. The van der Waals surface area contributed by atoms with Crippen molar-refractivity contribution in [3.63, 3.8) is 0 Å². The van der Waals surface area contributed by atoms with Crippen molar-refractivity contribution in [1.29, 1.82) is 0 Å². The number of nitrogens with zero attached hydrogens (tertiary/aromatic N) is 1.